The molecule has 2 aliphatic rings. The van der Waals surface area contributed by atoms with Gasteiger partial charge in [-0.1, -0.05) is 18.2 Å². The maximum Gasteiger partial charge on any atom is 0.416 e. The Bertz CT molecular complexity index is 888. The normalized spacial score (nSPS) is 20.2. The maximum atomic E-state index is 12.9. The van der Waals surface area contributed by atoms with Gasteiger partial charge in [0.25, 0.3) is 0 Å². The van der Waals surface area contributed by atoms with Crippen molar-refractivity contribution in [3.05, 3.63) is 54.1 Å². The summed E-state index contributed by atoms with van der Waals surface area (Å²) in [6.07, 6.45) is -5.24. The van der Waals surface area contributed by atoms with Crippen LogP contribution in [0.5, 0.6) is 11.5 Å². The quantitative estimate of drug-likeness (QED) is 0.697. The Hall–Kier alpha value is -2.49. The molecule has 1 saturated heterocycles. The van der Waals surface area contributed by atoms with Crippen molar-refractivity contribution in [3.63, 3.8) is 0 Å². The fourth-order valence-electron chi connectivity index (χ4n) is 3.90. The van der Waals surface area contributed by atoms with Crippen LogP contribution < -0.4 is 14.4 Å². The van der Waals surface area contributed by atoms with Gasteiger partial charge in [-0.25, -0.2) is 0 Å². The molecule has 174 valence electrons. The Balaban J connectivity index is 1.16. The first-order valence-electron chi connectivity index (χ1n) is 10.7. The SMILES string of the molecule is O[C@@H](COC[C@@H]1COc2ccccc2O1)CN1CCN(c2cccc(C(F)(F)F)c2)CC1. The van der Waals surface area contributed by atoms with Crippen molar-refractivity contribution in [1.29, 1.82) is 0 Å². The standard InChI is InChI=1S/C23H27F3N2O4/c24-23(25,26)17-4-3-5-18(12-17)28-10-8-27(9-11-28)13-19(29)14-30-15-20-16-31-21-6-1-2-7-22(21)32-20/h1-7,12,19-20,29H,8-11,13-16H2/t19-,20-/m1/s1. The molecule has 1 N–H and O–H groups in total. The van der Waals surface area contributed by atoms with Crippen LogP contribution in [0.3, 0.4) is 0 Å². The highest BCUT2D eigenvalue weighted by Crippen LogP contribution is 2.32. The van der Waals surface area contributed by atoms with Crippen molar-refractivity contribution >= 4 is 5.69 Å². The molecule has 0 amide bonds. The number of hydrogen-bond donors (Lipinski definition) is 1. The van der Waals surface area contributed by atoms with Crippen LogP contribution in [-0.2, 0) is 10.9 Å². The second-order valence-electron chi connectivity index (χ2n) is 8.02. The Morgan fingerprint density at radius 2 is 1.78 bits per heavy atom. The summed E-state index contributed by atoms with van der Waals surface area (Å²) in [6, 6.07) is 12.9. The van der Waals surface area contributed by atoms with Crippen LogP contribution >= 0.6 is 0 Å². The lowest BCUT2D eigenvalue weighted by molar-refractivity contribution is -0.137. The van der Waals surface area contributed by atoms with E-state index in [4.69, 9.17) is 14.2 Å². The fraction of sp³-hybridized carbons (Fsp3) is 0.478. The molecule has 6 nitrogen and oxygen atoms in total. The first-order chi connectivity index (χ1) is 15.4. The minimum absolute atomic E-state index is 0.176. The smallest absolute Gasteiger partial charge is 0.416 e. The second-order valence-corrected chi connectivity index (χ2v) is 8.02. The molecule has 1 fully saturated rings. The summed E-state index contributed by atoms with van der Waals surface area (Å²) in [5.41, 5.74) is -0.0690. The number of piperazine rings is 1. The van der Waals surface area contributed by atoms with E-state index < -0.39 is 17.8 Å². The van der Waals surface area contributed by atoms with Crippen LogP contribution in [-0.4, -0.2) is 74.8 Å². The highest BCUT2D eigenvalue weighted by molar-refractivity contribution is 5.49. The summed E-state index contributed by atoms with van der Waals surface area (Å²) in [6.45, 7) is 3.84. The minimum Gasteiger partial charge on any atom is -0.486 e. The zero-order valence-corrected chi connectivity index (χ0v) is 17.6. The lowest BCUT2D eigenvalue weighted by Crippen LogP contribution is -2.49. The lowest BCUT2D eigenvalue weighted by atomic mass is 10.1. The summed E-state index contributed by atoms with van der Waals surface area (Å²) in [4.78, 5) is 4.03. The predicted molar refractivity (Wildman–Crippen MR) is 113 cm³/mol. The Morgan fingerprint density at radius 1 is 1.03 bits per heavy atom. The third-order valence-corrected chi connectivity index (χ3v) is 5.56. The molecule has 4 rings (SSSR count). The largest absolute Gasteiger partial charge is 0.486 e. The maximum absolute atomic E-state index is 12.9. The molecule has 2 heterocycles. The number of aliphatic hydroxyl groups excluding tert-OH is 1. The molecule has 2 atom stereocenters. The summed E-state index contributed by atoms with van der Waals surface area (Å²) in [5.74, 6) is 1.40. The van der Waals surface area contributed by atoms with Crippen LogP contribution in [0.4, 0.5) is 18.9 Å². The van der Waals surface area contributed by atoms with Crippen molar-refractivity contribution in [2.75, 3.05) is 57.4 Å². The van der Waals surface area contributed by atoms with E-state index in [1.165, 1.54) is 12.1 Å². The van der Waals surface area contributed by atoms with Crippen LogP contribution in [0.1, 0.15) is 5.56 Å². The van der Waals surface area contributed by atoms with Gasteiger partial charge < -0.3 is 24.2 Å². The number of halogens is 3. The van der Waals surface area contributed by atoms with E-state index in [1.54, 1.807) is 6.07 Å². The van der Waals surface area contributed by atoms with Gasteiger partial charge in [0.2, 0.25) is 0 Å². The van der Waals surface area contributed by atoms with Crippen LogP contribution in [0.2, 0.25) is 0 Å². The van der Waals surface area contributed by atoms with Gasteiger partial charge in [-0.2, -0.15) is 13.2 Å². The number of nitrogens with zero attached hydrogens (tertiary/aromatic N) is 2. The Labute approximate surface area is 185 Å². The van der Waals surface area contributed by atoms with E-state index in [2.05, 4.69) is 4.90 Å². The average molecular weight is 452 g/mol. The number of alkyl halides is 3. The third-order valence-electron chi connectivity index (χ3n) is 5.56. The number of benzene rings is 2. The summed E-state index contributed by atoms with van der Waals surface area (Å²) in [5, 5.41) is 10.3. The molecule has 0 unspecified atom stereocenters. The van der Waals surface area contributed by atoms with Gasteiger partial charge >= 0.3 is 6.18 Å². The molecular weight excluding hydrogens is 425 g/mol. The lowest BCUT2D eigenvalue weighted by Gasteiger charge is -2.37. The number of aliphatic hydroxyl groups is 1. The average Bonchev–Trinajstić information content (AvgIpc) is 2.79. The molecule has 0 saturated carbocycles. The van der Waals surface area contributed by atoms with E-state index in [9.17, 15) is 18.3 Å². The number of β-amino-alcohol motifs (C(OH)–C–C–N with tert-alkyl or cyclic N) is 1. The van der Waals surface area contributed by atoms with E-state index in [1.807, 2.05) is 29.2 Å². The molecule has 0 bridgehead atoms. The molecule has 2 aliphatic heterocycles. The zero-order chi connectivity index (χ0) is 22.6. The van der Waals surface area contributed by atoms with Gasteiger partial charge in [-0.05, 0) is 30.3 Å². The molecule has 0 aliphatic carbocycles. The molecule has 0 radical (unpaired) electrons. The minimum atomic E-state index is -4.35. The zero-order valence-electron chi connectivity index (χ0n) is 17.6. The van der Waals surface area contributed by atoms with Gasteiger partial charge in [-0.15, -0.1) is 0 Å². The number of anilines is 1. The van der Waals surface area contributed by atoms with Gasteiger partial charge in [0, 0.05) is 38.4 Å². The third kappa shape index (κ3) is 5.85. The molecular formula is C23H27F3N2O4. The van der Waals surface area contributed by atoms with Crippen LogP contribution in [0.25, 0.3) is 0 Å². The van der Waals surface area contributed by atoms with E-state index in [0.717, 1.165) is 6.07 Å². The van der Waals surface area contributed by atoms with E-state index in [-0.39, 0.29) is 12.7 Å². The van der Waals surface area contributed by atoms with E-state index >= 15 is 0 Å². The topological polar surface area (TPSA) is 54.4 Å². The molecule has 0 spiro atoms. The number of fused-ring (bicyclic) bond motifs is 1. The first kappa shape index (κ1) is 22.7. The summed E-state index contributed by atoms with van der Waals surface area (Å²) < 4.78 is 55.9. The van der Waals surface area contributed by atoms with Crippen molar-refractivity contribution in [2.24, 2.45) is 0 Å². The van der Waals surface area contributed by atoms with Crippen LogP contribution in [0.15, 0.2) is 48.5 Å². The first-order valence-corrected chi connectivity index (χ1v) is 10.7. The second kappa shape index (κ2) is 9.97. The monoisotopic (exact) mass is 452 g/mol. The van der Waals surface area contributed by atoms with Gasteiger partial charge in [-0.3, -0.25) is 4.90 Å². The molecule has 0 aromatic heterocycles. The van der Waals surface area contributed by atoms with Crippen molar-refractivity contribution < 1.29 is 32.5 Å². The summed E-state index contributed by atoms with van der Waals surface area (Å²) in [7, 11) is 0. The fourth-order valence-corrected chi connectivity index (χ4v) is 3.90. The predicted octanol–water partition coefficient (Wildman–Crippen LogP) is 3.04. The van der Waals surface area contributed by atoms with Crippen LogP contribution in [0, 0.1) is 0 Å². The highest BCUT2D eigenvalue weighted by Gasteiger charge is 2.31. The Morgan fingerprint density at radius 3 is 2.53 bits per heavy atom. The number of hydrogen-bond acceptors (Lipinski definition) is 6. The Kier molecular flexibility index (Phi) is 7.07. The van der Waals surface area contributed by atoms with Gasteiger partial charge in [0.05, 0.1) is 24.9 Å². The number of ether oxygens (including phenoxy) is 3. The molecule has 9 heteroatoms. The van der Waals surface area contributed by atoms with Crippen molar-refractivity contribution in [3.8, 4) is 11.5 Å². The number of rotatable bonds is 7. The number of para-hydroxylation sites is 2. The molecule has 2 aromatic carbocycles. The highest BCUT2D eigenvalue weighted by atomic mass is 19.4. The van der Waals surface area contributed by atoms with Gasteiger partial charge in [0.1, 0.15) is 6.61 Å². The van der Waals surface area contributed by atoms with Crippen molar-refractivity contribution in [2.45, 2.75) is 18.4 Å². The van der Waals surface area contributed by atoms with Crippen molar-refractivity contribution in [1.82, 2.24) is 4.90 Å². The van der Waals surface area contributed by atoms with E-state index in [0.29, 0.717) is 63.1 Å². The molecule has 2 aromatic rings. The van der Waals surface area contributed by atoms with Gasteiger partial charge in [0.15, 0.2) is 17.6 Å². The molecule has 32 heavy (non-hydrogen) atoms. The summed E-state index contributed by atoms with van der Waals surface area (Å²) >= 11 is 0.